The molecule has 0 aromatic carbocycles. The van der Waals surface area contributed by atoms with Gasteiger partial charge in [0.15, 0.2) is 0 Å². The third-order valence-corrected chi connectivity index (χ3v) is 2.03. The van der Waals surface area contributed by atoms with Crippen LogP contribution in [0.5, 0.6) is 0 Å². The third-order valence-electron chi connectivity index (χ3n) is 2.03. The van der Waals surface area contributed by atoms with Gasteiger partial charge in [-0.25, -0.2) is 4.98 Å². The summed E-state index contributed by atoms with van der Waals surface area (Å²) in [6.45, 7) is 6.74. The minimum atomic E-state index is -0.102. The molecule has 0 aliphatic carbocycles. The summed E-state index contributed by atoms with van der Waals surface area (Å²) in [5, 5.41) is 16.1. The van der Waals surface area contributed by atoms with Crippen molar-refractivity contribution < 1.29 is 5.21 Å². The van der Waals surface area contributed by atoms with Gasteiger partial charge in [0.25, 0.3) is 0 Å². The maximum atomic E-state index is 8.83. The summed E-state index contributed by atoms with van der Waals surface area (Å²) < 4.78 is 1.72. The molecule has 0 atom stereocenters. The van der Waals surface area contributed by atoms with Crippen molar-refractivity contribution in [1.82, 2.24) is 14.8 Å². The molecule has 0 aliphatic rings. The summed E-state index contributed by atoms with van der Waals surface area (Å²) in [5.41, 5.74) is 0.669. The van der Waals surface area contributed by atoms with Crippen LogP contribution < -0.4 is 0 Å². The van der Waals surface area contributed by atoms with Crippen LogP contribution >= 0.6 is 0 Å². The fraction of sp³-hybridized carbons (Fsp3) is 0.667. The van der Waals surface area contributed by atoms with E-state index in [0.717, 1.165) is 5.71 Å². The van der Waals surface area contributed by atoms with Crippen LogP contribution in [-0.2, 0) is 6.54 Å². The second-order valence-electron chi connectivity index (χ2n) is 4.21. The first-order valence-electron chi connectivity index (χ1n) is 4.58. The largest absolute Gasteiger partial charge is 0.411 e. The number of aryl methyl sites for hydroxylation is 1. The molecule has 5 heteroatoms. The van der Waals surface area contributed by atoms with Crippen LogP contribution in [0.25, 0.3) is 0 Å². The lowest BCUT2D eigenvalue weighted by Gasteiger charge is -2.19. The molecule has 78 valence electrons. The molecule has 0 bridgehead atoms. The van der Waals surface area contributed by atoms with Crippen molar-refractivity contribution in [3.63, 3.8) is 0 Å². The van der Waals surface area contributed by atoms with Crippen molar-refractivity contribution in [1.29, 1.82) is 0 Å². The molecule has 1 N–H and O–H groups in total. The average molecular weight is 196 g/mol. The van der Waals surface area contributed by atoms with Crippen LogP contribution in [0.3, 0.4) is 0 Å². The number of hydrogen-bond acceptors (Lipinski definition) is 4. The number of rotatable bonds is 3. The second kappa shape index (κ2) is 4.21. The topological polar surface area (TPSA) is 63.3 Å². The normalized spacial score (nSPS) is 13.2. The third kappa shape index (κ3) is 2.83. The van der Waals surface area contributed by atoms with Gasteiger partial charge in [0.1, 0.15) is 12.7 Å². The van der Waals surface area contributed by atoms with E-state index in [9.17, 15) is 0 Å². The smallest absolute Gasteiger partial charge is 0.137 e. The highest BCUT2D eigenvalue weighted by atomic mass is 16.4. The van der Waals surface area contributed by atoms with Gasteiger partial charge in [-0.3, -0.25) is 4.68 Å². The zero-order valence-electron chi connectivity index (χ0n) is 8.80. The predicted molar refractivity (Wildman–Crippen MR) is 53.3 cm³/mol. The van der Waals surface area contributed by atoms with Crippen molar-refractivity contribution in [3.8, 4) is 0 Å². The Morgan fingerprint density at radius 2 is 2.21 bits per heavy atom. The van der Waals surface area contributed by atoms with Crippen LogP contribution in [0.4, 0.5) is 0 Å². The highest BCUT2D eigenvalue weighted by Crippen LogP contribution is 2.18. The standard InChI is InChI=1S/C9H16N4O/c1-9(2,3)8(12-14)4-5-13-7-10-6-11-13/h6-7,14H,4-5H2,1-3H3/b12-8-. The molecule has 0 radical (unpaired) electrons. The Bertz CT molecular complexity index is 297. The molecule has 0 unspecified atom stereocenters. The Balaban J connectivity index is 2.52. The SMILES string of the molecule is CC(C)(C)/C(CCn1cncn1)=N\O. The molecule has 0 fully saturated rings. The molecular formula is C9H16N4O. The Labute approximate surface area is 83.5 Å². The summed E-state index contributed by atoms with van der Waals surface area (Å²) in [6, 6.07) is 0. The summed E-state index contributed by atoms with van der Waals surface area (Å²) in [7, 11) is 0. The van der Waals surface area contributed by atoms with Crippen LogP contribution in [-0.4, -0.2) is 25.7 Å². The van der Waals surface area contributed by atoms with E-state index >= 15 is 0 Å². The Morgan fingerprint density at radius 3 is 2.64 bits per heavy atom. The molecule has 1 aromatic heterocycles. The summed E-state index contributed by atoms with van der Waals surface area (Å²) in [5.74, 6) is 0. The number of oxime groups is 1. The monoisotopic (exact) mass is 196 g/mol. The Kier molecular flexibility index (Phi) is 3.22. The van der Waals surface area contributed by atoms with E-state index in [4.69, 9.17) is 5.21 Å². The maximum absolute atomic E-state index is 8.83. The zero-order valence-corrected chi connectivity index (χ0v) is 8.80. The van der Waals surface area contributed by atoms with E-state index < -0.39 is 0 Å². The molecule has 0 amide bonds. The lowest BCUT2D eigenvalue weighted by Crippen LogP contribution is -2.22. The van der Waals surface area contributed by atoms with Gasteiger partial charge in [0.2, 0.25) is 0 Å². The Morgan fingerprint density at radius 1 is 1.50 bits per heavy atom. The fourth-order valence-corrected chi connectivity index (χ4v) is 1.14. The molecule has 0 saturated heterocycles. The quantitative estimate of drug-likeness (QED) is 0.453. The van der Waals surface area contributed by atoms with Gasteiger partial charge in [-0.05, 0) is 0 Å². The van der Waals surface area contributed by atoms with Crippen molar-refractivity contribution in [2.75, 3.05) is 0 Å². The van der Waals surface area contributed by atoms with Crippen LogP contribution in [0.15, 0.2) is 17.8 Å². The van der Waals surface area contributed by atoms with Gasteiger partial charge in [-0.2, -0.15) is 5.10 Å². The average Bonchev–Trinajstić information content (AvgIpc) is 2.55. The summed E-state index contributed by atoms with van der Waals surface area (Å²) in [4.78, 5) is 3.84. The van der Waals surface area contributed by atoms with Crippen LogP contribution in [0.2, 0.25) is 0 Å². The molecule has 1 aromatic rings. The van der Waals surface area contributed by atoms with Gasteiger partial charge < -0.3 is 5.21 Å². The second-order valence-corrected chi connectivity index (χ2v) is 4.21. The number of nitrogens with zero attached hydrogens (tertiary/aromatic N) is 4. The molecule has 1 rings (SSSR count). The van der Waals surface area contributed by atoms with Gasteiger partial charge in [0, 0.05) is 18.4 Å². The highest BCUT2D eigenvalue weighted by Gasteiger charge is 2.19. The van der Waals surface area contributed by atoms with Gasteiger partial charge in [-0.1, -0.05) is 25.9 Å². The van der Waals surface area contributed by atoms with Gasteiger partial charge in [0.05, 0.1) is 5.71 Å². The van der Waals surface area contributed by atoms with E-state index in [1.165, 1.54) is 6.33 Å². The van der Waals surface area contributed by atoms with E-state index in [2.05, 4.69) is 15.2 Å². The summed E-state index contributed by atoms with van der Waals surface area (Å²) >= 11 is 0. The molecule has 14 heavy (non-hydrogen) atoms. The number of hydrogen-bond donors (Lipinski definition) is 1. The predicted octanol–water partition coefficient (Wildman–Crippen LogP) is 1.54. The van der Waals surface area contributed by atoms with E-state index in [0.29, 0.717) is 13.0 Å². The van der Waals surface area contributed by atoms with E-state index in [1.807, 2.05) is 20.8 Å². The van der Waals surface area contributed by atoms with Crippen molar-refractivity contribution in [3.05, 3.63) is 12.7 Å². The minimum absolute atomic E-state index is 0.102. The van der Waals surface area contributed by atoms with Crippen molar-refractivity contribution in [2.24, 2.45) is 10.6 Å². The molecule has 0 spiro atoms. The fourth-order valence-electron chi connectivity index (χ4n) is 1.14. The van der Waals surface area contributed by atoms with Crippen LogP contribution in [0, 0.1) is 5.41 Å². The van der Waals surface area contributed by atoms with Gasteiger partial charge in [-0.15, -0.1) is 0 Å². The molecule has 1 heterocycles. The molecule has 0 saturated carbocycles. The van der Waals surface area contributed by atoms with Gasteiger partial charge >= 0.3 is 0 Å². The van der Waals surface area contributed by atoms with Crippen molar-refractivity contribution in [2.45, 2.75) is 33.7 Å². The molecule has 5 nitrogen and oxygen atoms in total. The van der Waals surface area contributed by atoms with E-state index in [1.54, 1.807) is 11.0 Å². The highest BCUT2D eigenvalue weighted by molar-refractivity contribution is 5.88. The number of aromatic nitrogens is 3. The lowest BCUT2D eigenvalue weighted by molar-refractivity contribution is 0.308. The zero-order chi connectivity index (χ0) is 10.6. The first kappa shape index (κ1) is 10.7. The van der Waals surface area contributed by atoms with Crippen LogP contribution in [0.1, 0.15) is 27.2 Å². The molecular weight excluding hydrogens is 180 g/mol. The Hall–Kier alpha value is -1.39. The summed E-state index contributed by atoms with van der Waals surface area (Å²) in [6.07, 6.45) is 3.83. The maximum Gasteiger partial charge on any atom is 0.137 e. The molecule has 0 aliphatic heterocycles. The van der Waals surface area contributed by atoms with Crippen molar-refractivity contribution >= 4 is 5.71 Å². The lowest BCUT2D eigenvalue weighted by atomic mass is 9.88. The minimum Gasteiger partial charge on any atom is -0.411 e. The van der Waals surface area contributed by atoms with E-state index in [-0.39, 0.29) is 5.41 Å². The first-order valence-corrected chi connectivity index (χ1v) is 4.58. The first-order chi connectivity index (χ1) is 6.54.